The fourth-order valence-electron chi connectivity index (χ4n) is 2.82. The van der Waals surface area contributed by atoms with Gasteiger partial charge in [-0.3, -0.25) is 4.99 Å². The highest BCUT2D eigenvalue weighted by atomic mass is 15.2. The lowest BCUT2D eigenvalue weighted by atomic mass is 9.91. The second kappa shape index (κ2) is 7.73. The zero-order valence-corrected chi connectivity index (χ0v) is 15.2. The van der Waals surface area contributed by atoms with Gasteiger partial charge in [-0.15, -0.1) is 0 Å². The summed E-state index contributed by atoms with van der Waals surface area (Å²) in [7, 11) is 3.82. The zero-order valence-electron chi connectivity index (χ0n) is 15.2. The number of hydrogen-bond acceptors (Lipinski definition) is 3. The van der Waals surface area contributed by atoms with Gasteiger partial charge in [0, 0.05) is 43.2 Å². The van der Waals surface area contributed by atoms with Gasteiger partial charge in [0.2, 0.25) is 0 Å². The van der Waals surface area contributed by atoms with E-state index in [1.165, 1.54) is 11.1 Å². The maximum Gasteiger partial charge on any atom is 0.140 e. The SMILES string of the molecule is C=CC(=C1N=CC=CN1C)/C(=C/C)C(=NC)c1cc(C)ccc1C. The van der Waals surface area contributed by atoms with Crippen LogP contribution in [0.2, 0.25) is 0 Å². The number of aryl methyl sites for hydroxylation is 2. The molecule has 0 unspecified atom stereocenters. The molecule has 2 rings (SSSR count). The van der Waals surface area contributed by atoms with Crippen molar-refractivity contribution in [2.75, 3.05) is 14.1 Å². The van der Waals surface area contributed by atoms with Crippen molar-refractivity contribution in [2.24, 2.45) is 9.98 Å². The van der Waals surface area contributed by atoms with Crippen LogP contribution in [-0.4, -0.2) is 30.9 Å². The van der Waals surface area contributed by atoms with E-state index in [2.05, 4.69) is 54.7 Å². The summed E-state index contributed by atoms with van der Waals surface area (Å²) < 4.78 is 0. The lowest BCUT2D eigenvalue weighted by Crippen LogP contribution is -2.17. The van der Waals surface area contributed by atoms with Crippen LogP contribution in [0.3, 0.4) is 0 Å². The fraction of sp³-hybridized carbons (Fsp3) is 0.238. The van der Waals surface area contributed by atoms with Gasteiger partial charge < -0.3 is 4.90 Å². The third-order valence-electron chi connectivity index (χ3n) is 4.08. The number of allylic oxidation sites excluding steroid dienone is 5. The van der Waals surface area contributed by atoms with Crippen LogP contribution in [0.5, 0.6) is 0 Å². The van der Waals surface area contributed by atoms with Crippen molar-refractivity contribution in [3.05, 3.63) is 82.9 Å². The Morgan fingerprint density at radius 3 is 2.62 bits per heavy atom. The van der Waals surface area contributed by atoms with E-state index in [9.17, 15) is 0 Å². The monoisotopic (exact) mass is 319 g/mol. The number of aliphatic imine (C=N–C) groups is 2. The van der Waals surface area contributed by atoms with Crippen molar-refractivity contribution in [3.63, 3.8) is 0 Å². The fourth-order valence-corrected chi connectivity index (χ4v) is 2.82. The number of nitrogens with zero attached hydrogens (tertiary/aromatic N) is 3. The Labute approximate surface area is 145 Å². The first-order valence-electron chi connectivity index (χ1n) is 8.05. The average Bonchev–Trinajstić information content (AvgIpc) is 2.59. The summed E-state index contributed by atoms with van der Waals surface area (Å²) in [5.41, 5.74) is 6.53. The third kappa shape index (κ3) is 3.46. The Morgan fingerprint density at radius 1 is 1.29 bits per heavy atom. The molecule has 0 saturated carbocycles. The minimum absolute atomic E-state index is 0.868. The Bertz CT molecular complexity index is 789. The molecule has 1 aliphatic rings. The van der Waals surface area contributed by atoms with E-state index in [0.717, 1.165) is 28.2 Å². The van der Waals surface area contributed by atoms with Gasteiger partial charge in [0.1, 0.15) is 5.82 Å². The summed E-state index contributed by atoms with van der Waals surface area (Å²) in [5, 5.41) is 0. The minimum Gasteiger partial charge on any atom is -0.336 e. The molecule has 3 nitrogen and oxygen atoms in total. The van der Waals surface area contributed by atoms with Crippen molar-refractivity contribution < 1.29 is 0 Å². The molecule has 1 heterocycles. The standard InChI is InChI=1S/C21H25N3/c1-7-17(18(8-2)21-23-12-9-13-24(21)6)20(22-5)19-14-15(3)10-11-16(19)4/h7-14H,2H2,1,3-6H3/b17-7-,21-18?,22-20?. The molecule has 0 fully saturated rings. The smallest absolute Gasteiger partial charge is 0.140 e. The first-order valence-corrected chi connectivity index (χ1v) is 8.05. The molecule has 0 aromatic heterocycles. The second-order valence-corrected chi connectivity index (χ2v) is 5.76. The van der Waals surface area contributed by atoms with E-state index < -0.39 is 0 Å². The average molecular weight is 319 g/mol. The van der Waals surface area contributed by atoms with E-state index >= 15 is 0 Å². The van der Waals surface area contributed by atoms with Crippen molar-refractivity contribution in [1.29, 1.82) is 0 Å². The van der Waals surface area contributed by atoms with Crippen LogP contribution in [-0.2, 0) is 0 Å². The van der Waals surface area contributed by atoms with Gasteiger partial charge in [-0.1, -0.05) is 36.4 Å². The van der Waals surface area contributed by atoms with E-state index in [-0.39, 0.29) is 0 Å². The summed E-state index contributed by atoms with van der Waals surface area (Å²) in [4.78, 5) is 11.1. The minimum atomic E-state index is 0.868. The van der Waals surface area contributed by atoms with Crippen LogP contribution in [0.4, 0.5) is 0 Å². The highest BCUT2D eigenvalue weighted by Crippen LogP contribution is 2.26. The maximum absolute atomic E-state index is 4.60. The van der Waals surface area contributed by atoms with Crippen LogP contribution in [0.25, 0.3) is 0 Å². The summed E-state index contributed by atoms with van der Waals surface area (Å²) >= 11 is 0. The Kier molecular flexibility index (Phi) is 5.69. The molecule has 0 saturated heterocycles. The summed E-state index contributed by atoms with van der Waals surface area (Å²) in [6.07, 6.45) is 9.63. The normalized spacial score (nSPS) is 17.3. The van der Waals surface area contributed by atoms with Gasteiger partial charge in [-0.25, -0.2) is 4.99 Å². The van der Waals surface area contributed by atoms with E-state index in [4.69, 9.17) is 0 Å². The highest BCUT2D eigenvalue weighted by molar-refractivity contribution is 6.16. The Balaban J connectivity index is 2.63. The lowest BCUT2D eigenvalue weighted by Gasteiger charge is -2.22. The predicted octanol–water partition coefficient (Wildman–Crippen LogP) is 4.60. The number of hydrogen-bond donors (Lipinski definition) is 0. The Morgan fingerprint density at radius 2 is 2.04 bits per heavy atom. The summed E-state index contributed by atoms with van der Waals surface area (Å²) in [6.45, 7) is 10.2. The van der Waals surface area contributed by atoms with Gasteiger partial charge >= 0.3 is 0 Å². The first-order chi connectivity index (χ1) is 11.5. The molecule has 3 heteroatoms. The molecule has 124 valence electrons. The molecule has 24 heavy (non-hydrogen) atoms. The van der Waals surface area contributed by atoms with Crippen LogP contribution in [0, 0.1) is 13.8 Å². The lowest BCUT2D eigenvalue weighted by molar-refractivity contribution is 0.554. The highest BCUT2D eigenvalue weighted by Gasteiger charge is 2.19. The molecule has 1 aromatic rings. The molecular formula is C21H25N3. The number of rotatable bonds is 4. The molecule has 0 radical (unpaired) electrons. The van der Waals surface area contributed by atoms with Gasteiger partial charge in [-0.05, 0) is 38.5 Å². The molecule has 1 aliphatic heterocycles. The predicted molar refractivity (Wildman–Crippen MR) is 105 cm³/mol. The van der Waals surface area contributed by atoms with E-state index in [1.54, 1.807) is 6.21 Å². The van der Waals surface area contributed by atoms with Crippen LogP contribution >= 0.6 is 0 Å². The van der Waals surface area contributed by atoms with Gasteiger partial charge in [0.15, 0.2) is 0 Å². The molecule has 0 N–H and O–H groups in total. The molecule has 1 aromatic carbocycles. The van der Waals surface area contributed by atoms with Gasteiger partial charge in [0.25, 0.3) is 0 Å². The zero-order chi connectivity index (χ0) is 17.7. The topological polar surface area (TPSA) is 28.0 Å². The molecule has 0 spiro atoms. The Hall–Kier alpha value is -2.68. The third-order valence-corrected chi connectivity index (χ3v) is 4.08. The van der Waals surface area contributed by atoms with E-state index in [0.29, 0.717) is 0 Å². The van der Waals surface area contributed by atoms with Crippen LogP contribution in [0.1, 0.15) is 23.6 Å². The summed E-state index contributed by atoms with van der Waals surface area (Å²) in [6, 6.07) is 6.44. The second-order valence-electron chi connectivity index (χ2n) is 5.76. The van der Waals surface area contributed by atoms with Gasteiger partial charge in [-0.2, -0.15) is 0 Å². The quantitative estimate of drug-likeness (QED) is 0.746. The molecule has 0 aliphatic carbocycles. The van der Waals surface area contributed by atoms with Crippen LogP contribution < -0.4 is 0 Å². The van der Waals surface area contributed by atoms with E-state index in [1.807, 2.05) is 44.3 Å². The first kappa shape index (κ1) is 17.7. The summed E-state index contributed by atoms with van der Waals surface area (Å²) in [5.74, 6) is 0.868. The molecule has 0 amide bonds. The van der Waals surface area contributed by atoms with Crippen molar-refractivity contribution >= 4 is 11.9 Å². The van der Waals surface area contributed by atoms with Crippen molar-refractivity contribution in [3.8, 4) is 0 Å². The molecular weight excluding hydrogens is 294 g/mol. The largest absolute Gasteiger partial charge is 0.336 e. The van der Waals surface area contributed by atoms with Crippen LogP contribution in [0.15, 0.2) is 76.2 Å². The van der Waals surface area contributed by atoms with Crippen molar-refractivity contribution in [2.45, 2.75) is 20.8 Å². The molecule has 0 atom stereocenters. The number of benzene rings is 1. The maximum atomic E-state index is 4.60. The van der Waals surface area contributed by atoms with Gasteiger partial charge in [0.05, 0.1) is 5.71 Å². The van der Waals surface area contributed by atoms with Crippen molar-refractivity contribution in [1.82, 2.24) is 4.90 Å². The molecule has 0 bridgehead atoms.